The smallest absolute Gasteiger partial charge is 0.0555 e. The minimum Gasteiger partial charge on any atom is -0.393 e. The summed E-state index contributed by atoms with van der Waals surface area (Å²) in [6, 6.07) is 0.456. The van der Waals surface area contributed by atoms with E-state index < -0.39 is 0 Å². The lowest BCUT2D eigenvalue weighted by atomic mass is 10.0. The average Bonchev–Trinajstić information content (AvgIpc) is 2.15. The van der Waals surface area contributed by atoms with E-state index in [2.05, 4.69) is 0 Å². The van der Waals surface area contributed by atoms with Crippen molar-refractivity contribution < 1.29 is 5.11 Å². The molecule has 1 saturated carbocycles. The molecular formula is C8H16N2O. The van der Waals surface area contributed by atoms with Crippen molar-refractivity contribution in [3.8, 4) is 0 Å². The Morgan fingerprint density at radius 2 is 2.09 bits per heavy atom. The van der Waals surface area contributed by atoms with Crippen LogP contribution in [-0.2, 0) is 0 Å². The van der Waals surface area contributed by atoms with Gasteiger partial charge in [0, 0.05) is 12.6 Å². The molecule has 0 radical (unpaired) electrons. The fourth-order valence-corrected chi connectivity index (χ4v) is 2.34. The van der Waals surface area contributed by atoms with Crippen LogP contribution in [0.1, 0.15) is 25.7 Å². The van der Waals surface area contributed by atoms with Gasteiger partial charge in [-0.2, -0.15) is 0 Å². The fourth-order valence-electron chi connectivity index (χ4n) is 2.34. The molecule has 2 rings (SSSR count). The zero-order chi connectivity index (χ0) is 7.84. The Morgan fingerprint density at radius 3 is 2.91 bits per heavy atom. The first kappa shape index (κ1) is 7.53. The molecule has 0 spiro atoms. The van der Waals surface area contributed by atoms with E-state index in [1.165, 1.54) is 6.42 Å². The highest BCUT2D eigenvalue weighted by molar-refractivity contribution is 4.87. The van der Waals surface area contributed by atoms with Gasteiger partial charge < -0.3 is 5.11 Å². The molecule has 11 heavy (non-hydrogen) atoms. The normalized spacial score (nSPS) is 45.8. The Morgan fingerprint density at radius 1 is 1.27 bits per heavy atom. The second-order valence-electron chi connectivity index (χ2n) is 3.92. The Hall–Kier alpha value is -0.120. The molecule has 2 aliphatic rings. The molecule has 2 bridgehead atoms. The van der Waals surface area contributed by atoms with Gasteiger partial charge in [-0.25, -0.2) is 5.01 Å². The van der Waals surface area contributed by atoms with E-state index in [0.717, 1.165) is 31.7 Å². The summed E-state index contributed by atoms with van der Waals surface area (Å²) in [5, 5.41) is 11.4. The van der Waals surface area contributed by atoms with Crippen molar-refractivity contribution in [1.29, 1.82) is 0 Å². The maximum Gasteiger partial charge on any atom is 0.0555 e. The van der Waals surface area contributed by atoms with Crippen molar-refractivity contribution in [3.05, 3.63) is 0 Å². The van der Waals surface area contributed by atoms with E-state index in [0.29, 0.717) is 6.04 Å². The van der Waals surface area contributed by atoms with Crippen LogP contribution in [0.15, 0.2) is 0 Å². The largest absolute Gasteiger partial charge is 0.393 e. The number of hydrogen-bond donors (Lipinski definition) is 2. The van der Waals surface area contributed by atoms with Crippen LogP contribution < -0.4 is 5.84 Å². The average molecular weight is 156 g/mol. The third kappa shape index (κ3) is 1.41. The van der Waals surface area contributed by atoms with Crippen molar-refractivity contribution in [1.82, 2.24) is 5.01 Å². The fraction of sp³-hybridized carbons (Fsp3) is 1.00. The minimum absolute atomic E-state index is 0.101. The monoisotopic (exact) mass is 156 g/mol. The number of hydrogen-bond acceptors (Lipinski definition) is 3. The lowest BCUT2D eigenvalue weighted by molar-refractivity contribution is 0.106. The molecule has 0 aromatic heterocycles. The van der Waals surface area contributed by atoms with Crippen molar-refractivity contribution in [3.63, 3.8) is 0 Å². The summed E-state index contributed by atoms with van der Waals surface area (Å²) in [4.78, 5) is 0. The third-order valence-electron chi connectivity index (χ3n) is 3.00. The molecule has 64 valence electrons. The second-order valence-corrected chi connectivity index (χ2v) is 3.92. The number of aliphatic hydroxyl groups excluding tert-OH is 1. The maximum atomic E-state index is 9.45. The molecular weight excluding hydrogens is 140 g/mol. The molecule has 1 aliphatic heterocycles. The van der Waals surface area contributed by atoms with Gasteiger partial charge in [-0.05, 0) is 31.6 Å². The summed E-state index contributed by atoms with van der Waals surface area (Å²) in [6.07, 6.45) is 4.12. The number of fused-ring (bicyclic) bond motifs is 2. The first-order valence-corrected chi connectivity index (χ1v) is 4.45. The summed E-state index contributed by atoms with van der Waals surface area (Å²) in [7, 11) is 0. The van der Waals surface area contributed by atoms with Gasteiger partial charge in [-0.1, -0.05) is 0 Å². The van der Waals surface area contributed by atoms with Crippen LogP contribution in [0.3, 0.4) is 0 Å². The number of nitrogens with zero attached hydrogens (tertiary/aromatic N) is 1. The van der Waals surface area contributed by atoms with Crippen molar-refractivity contribution in [2.75, 3.05) is 6.54 Å². The van der Waals surface area contributed by atoms with Gasteiger partial charge in [-0.3, -0.25) is 5.84 Å². The van der Waals surface area contributed by atoms with Gasteiger partial charge in [0.1, 0.15) is 0 Å². The minimum atomic E-state index is -0.101. The lowest BCUT2D eigenvalue weighted by Crippen LogP contribution is -2.38. The highest BCUT2D eigenvalue weighted by Crippen LogP contribution is 2.31. The van der Waals surface area contributed by atoms with Gasteiger partial charge >= 0.3 is 0 Å². The zero-order valence-electron chi connectivity index (χ0n) is 6.74. The number of rotatable bonds is 0. The highest BCUT2D eigenvalue weighted by Gasteiger charge is 2.34. The van der Waals surface area contributed by atoms with E-state index in [-0.39, 0.29) is 6.10 Å². The Bertz CT molecular complexity index is 151. The summed E-state index contributed by atoms with van der Waals surface area (Å²) >= 11 is 0. The van der Waals surface area contributed by atoms with Crippen LogP contribution in [0.5, 0.6) is 0 Å². The third-order valence-corrected chi connectivity index (χ3v) is 3.00. The van der Waals surface area contributed by atoms with Crippen LogP contribution in [0.25, 0.3) is 0 Å². The van der Waals surface area contributed by atoms with Crippen LogP contribution >= 0.6 is 0 Å². The van der Waals surface area contributed by atoms with E-state index >= 15 is 0 Å². The molecule has 3 unspecified atom stereocenters. The van der Waals surface area contributed by atoms with Crippen molar-refractivity contribution in [2.24, 2.45) is 11.8 Å². The molecule has 1 aliphatic carbocycles. The van der Waals surface area contributed by atoms with E-state index in [1.807, 2.05) is 5.01 Å². The summed E-state index contributed by atoms with van der Waals surface area (Å²) in [6.45, 7) is 1.04. The molecule has 3 heteroatoms. The van der Waals surface area contributed by atoms with Gasteiger partial charge in [-0.15, -0.1) is 0 Å². The number of aliphatic hydroxyl groups is 1. The molecule has 0 amide bonds. The molecule has 3 N–H and O–H groups in total. The van der Waals surface area contributed by atoms with Gasteiger partial charge in [0.05, 0.1) is 6.10 Å². The maximum absolute atomic E-state index is 9.45. The predicted octanol–water partition coefficient (Wildman–Crippen LogP) is 0.0954. The van der Waals surface area contributed by atoms with E-state index in [9.17, 15) is 5.11 Å². The van der Waals surface area contributed by atoms with Gasteiger partial charge in [0.2, 0.25) is 0 Å². The summed E-state index contributed by atoms with van der Waals surface area (Å²) in [5.41, 5.74) is 0. The van der Waals surface area contributed by atoms with Crippen LogP contribution in [0, 0.1) is 5.92 Å². The zero-order valence-corrected chi connectivity index (χ0v) is 6.74. The van der Waals surface area contributed by atoms with Crippen LogP contribution in [0.4, 0.5) is 0 Å². The molecule has 3 atom stereocenters. The molecule has 0 aromatic carbocycles. The van der Waals surface area contributed by atoms with E-state index in [4.69, 9.17) is 5.84 Å². The van der Waals surface area contributed by atoms with Crippen molar-refractivity contribution >= 4 is 0 Å². The number of hydrazine groups is 1. The summed E-state index contributed by atoms with van der Waals surface area (Å²) in [5.74, 6) is 6.53. The SMILES string of the molecule is NN1CC2CCC(O)CC1C2. The van der Waals surface area contributed by atoms with Crippen molar-refractivity contribution in [2.45, 2.75) is 37.8 Å². The first-order chi connectivity index (χ1) is 5.25. The quantitative estimate of drug-likeness (QED) is 0.489. The summed E-state index contributed by atoms with van der Waals surface area (Å²) < 4.78 is 0. The lowest BCUT2D eigenvalue weighted by Gasteiger charge is -2.22. The Labute approximate surface area is 67.1 Å². The van der Waals surface area contributed by atoms with Gasteiger partial charge in [0.25, 0.3) is 0 Å². The topological polar surface area (TPSA) is 49.5 Å². The molecule has 2 fully saturated rings. The van der Waals surface area contributed by atoms with Crippen LogP contribution in [-0.4, -0.2) is 28.8 Å². The molecule has 0 aromatic rings. The highest BCUT2D eigenvalue weighted by atomic mass is 16.3. The molecule has 1 saturated heterocycles. The molecule has 3 nitrogen and oxygen atoms in total. The van der Waals surface area contributed by atoms with E-state index in [1.54, 1.807) is 0 Å². The second kappa shape index (κ2) is 2.73. The first-order valence-electron chi connectivity index (χ1n) is 4.45. The Kier molecular flexibility index (Phi) is 1.87. The number of nitrogens with two attached hydrogens (primary N) is 1. The van der Waals surface area contributed by atoms with Crippen LogP contribution in [0.2, 0.25) is 0 Å². The predicted molar refractivity (Wildman–Crippen MR) is 42.6 cm³/mol. The molecule has 1 heterocycles. The Balaban J connectivity index is 2.04. The standard InChI is InChI=1S/C8H16N2O/c9-10-5-6-1-2-8(11)4-7(10)3-6/h6-8,11H,1-5,9H2. The van der Waals surface area contributed by atoms with Gasteiger partial charge in [0.15, 0.2) is 0 Å².